The first kappa shape index (κ1) is 10.8. The molecule has 76 valence electrons. The third-order valence-electron chi connectivity index (χ3n) is 3.60. The van der Waals surface area contributed by atoms with Crippen LogP contribution in [0.5, 0.6) is 0 Å². The number of carboxylic acids is 1. The lowest BCUT2D eigenvalue weighted by Gasteiger charge is -2.49. The summed E-state index contributed by atoms with van der Waals surface area (Å²) >= 11 is 0. The van der Waals surface area contributed by atoms with E-state index in [0.29, 0.717) is 5.92 Å². The molecule has 0 amide bonds. The smallest absolute Gasteiger partial charge is 0.312 e. The molecule has 0 saturated carbocycles. The van der Waals surface area contributed by atoms with Gasteiger partial charge in [-0.05, 0) is 5.92 Å². The summed E-state index contributed by atoms with van der Waals surface area (Å²) in [5.74, 6) is -0.163. The summed E-state index contributed by atoms with van der Waals surface area (Å²) in [6, 6.07) is 0. The minimum Gasteiger partial charge on any atom is -1.00 e. The van der Waals surface area contributed by atoms with Crippen LogP contribution in [-0.2, 0) is 4.79 Å². The van der Waals surface area contributed by atoms with Crippen molar-refractivity contribution in [2.75, 3.05) is 26.7 Å². The molecule has 3 nitrogen and oxygen atoms in total. The molecule has 0 radical (unpaired) electrons. The maximum atomic E-state index is 10.9. The van der Waals surface area contributed by atoms with Gasteiger partial charge in [-0.25, -0.2) is 0 Å². The molecule has 0 spiro atoms. The first-order valence-electron chi connectivity index (χ1n) is 4.67. The Morgan fingerprint density at radius 2 is 1.92 bits per heavy atom. The van der Waals surface area contributed by atoms with Gasteiger partial charge in [-0.1, -0.05) is 0 Å². The van der Waals surface area contributed by atoms with Gasteiger partial charge in [-0.15, -0.1) is 0 Å². The molecule has 3 heterocycles. The van der Waals surface area contributed by atoms with E-state index in [2.05, 4.69) is 7.05 Å². The Labute approximate surface area is 84.7 Å². The van der Waals surface area contributed by atoms with Crippen LogP contribution in [0, 0.1) is 11.8 Å². The van der Waals surface area contributed by atoms with Gasteiger partial charge >= 0.3 is 5.97 Å². The average molecular weight is 206 g/mol. The first-order chi connectivity index (χ1) is 5.61. The summed E-state index contributed by atoms with van der Waals surface area (Å²) in [6.07, 6.45) is 2.24. The third kappa shape index (κ3) is 1.81. The highest BCUT2D eigenvalue weighted by atomic mass is 35.5. The second-order valence-electron chi connectivity index (χ2n) is 4.53. The summed E-state index contributed by atoms with van der Waals surface area (Å²) in [5.41, 5.74) is 0. The van der Waals surface area contributed by atoms with Gasteiger partial charge < -0.3 is 22.0 Å². The van der Waals surface area contributed by atoms with Crippen LogP contribution in [-0.4, -0.2) is 42.2 Å². The van der Waals surface area contributed by atoms with E-state index < -0.39 is 5.97 Å². The molecule has 3 aliphatic heterocycles. The molecule has 2 bridgehead atoms. The van der Waals surface area contributed by atoms with Crippen molar-refractivity contribution in [2.24, 2.45) is 11.8 Å². The molecule has 3 rings (SSSR count). The second-order valence-corrected chi connectivity index (χ2v) is 4.53. The maximum Gasteiger partial charge on any atom is 0.312 e. The van der Waals surface area contributed by atoms with Crippen LogP contribution in [0.4, 0.5) is 0 Å². The number of hydrogen-bond donors (Lipinski definition) is 1. The van der Waals surface area contributed by atoms with Crippen molar-refractivity contribution in [1.29, 1.82) is 0 Å². The van der Waals surface area contributed by atoms with Crippen molar-refractivity contribution in [1.82, 2.24) is 0 Å². The van der Waals surface area contributed by atoms with E-state index in [1.165, 1.54) is 13.1 Å². The van der Waals surface area contributed by atoms with Crippen LogP contribution in [0.1, 0.15) is 12.8 Å². The number of aliphatic carboxylic acids is 1. The molecule has 1 N–H and O–H groups in total. The highest BCUT2D eigenvalue weighted by Gasteiger charge is 2.46. The highest BCUT2D eigenvalue weighted by molar-refractivity contribution is 5.70. The van der Waals surface area contributed by atoms with Crippen molar-refractivity contribution in [3.05, 3.63) is 0 Å². The van der Waals surface area contributed by atoms with Gasteiger partial charge in [0.05, 0.1) is 26.7 Å². The van der Waals surface area contributed by atoms with E-state index in [4.69, 9.17) is 5.11 Å². The van der Waals surface area contributed by atoms with Gasteiger partial charge in [-0.3, -0.25) is 4.79 Å². The SMILES string of the molecule is C[N+]12CCC(CC1)C(C(=O)O)C2.[Cl-]. The number of hydrogen-bond acceptors (Lipinski definition) is 1. The molecule has 3 fully saturated rings. The van der Waals surface area contributed by atoms with Crippen molar-refractivity contribution in [3.63, 3.8) is 0 Å². The Morgan fingerprint density at radius 1 is 1.38 bits per heavy atom. The lowest BCUT2D eigenvalue weighted by molar-refractivity contribution is -0.927. The van der Waals surface area contributed by atoms with Crippen molar-refractivity contribution in [2.45, 2.75) is 12.8 Å². The quantitative estimate of drug-likeness (QED) is 0.483. The van der Waals surface area contributed by atoms with Crippen LogP contribution in [0.25, 0.3) is 0 Å². The molecule has 0 aromatic heterocycles. The maximum absolute atomic E-state index is 10.9. The Bertz CT molecular complexity index is 212. The highest BCUT2D eigenvalue weighted by Crippen LogP contribution is 2.36. The van der Waals surface area contributed by atoms with Gasteiger partial charge in [-0.2, -0.15) is 0 Å². The van der Waals surface area contributed by atoms with Gasteiger partial charge in [0.15, 0.2) is 0 Å². The van der Waals surface area contributed by atoms with Crippen LogP contribution in [0.2, 0.25) is 0 Å². The zero-order chi connectivity index (χ0) is 8.77. The number of carboxylic acid groups (broad SMARTS) is 1. The monoisotopic (exact) mass is 205 g/mol. The van der Waals surface area contributed by atoms with E-state index in [-0.39, 0.29) is 18.3 Å². The summed E-state index contributed by atoms with van der Waals surface area (Å²) in [4.78, 5) is 10.9. The van der Waals surface area contributed by atoms with Crippen molar-refractivity contribution < 1.29 is 26.8 Å². The predicted octanol–water partition coefficient (Wildman–Crippen LogP) is -2.44. The standard InChI is InChI=1S/C9H15NO2.ClH/c1-10-4-2-7(3-5-10)8(6-10)9(11)12;/h7-8H,2-6H2,1H3;1H. The van der Waals surface area contributed by atoms with Gasteiger partial charge in [0, 0.05) is 12.8 Å². The van der Waals surface area contributed by atoms with E-state index in [1.807, 2.05) is 0 Å². The van der Waals surface area contributed by atoms with E-state index in [9.17, 15) is 4.79 Å². The van der Waals surface area contributed by atoms with Crippen LogP contribution < -0.4 is 12.4 Å². The normalized spacial score (nSPS) is 42.5. The summed E-state index contributed by atoms with van der Waals surface area (Å²) < 4.78 is 0.994. The van der Waals surface area contributed by atoms with E-state index in [0.717, 1.165) is 23.9 Å². The van der Waals surface area contributed by atoms with Crippen molar-refractivity contribution >= 4 is 5.97 Å². The van der Waals surface area contributed by atoms with Crippen molar-refractivity contribution in [3.8, 4) is 0 Å². The van der Waals surface area contributed by atoms with Crippen LogP contribution in [0.15, 0.2) is 0 Å². The Hall–Kier alpha value is -0.280. The molecule has 3 aliphatic rings. The molecule has 13 heavy (non-hydrogen) atoms. The molecule has 4 heteroatoms. The fourth-order valence-corrected chi connectivity index (χ4v) is 2.70. The molecule has 3 saturated heterocycles. The number of carbonyl (C=O) groups is 1. The number of rotatable bonds is 1. The largest absolute Gasteiger partial charge is 1.00 e. The molecule has 0 aromatic rings. The van der Waals surface area contributed by atoms with Gasteiger partial charge in [0.25, 0.3) is 0 Å². The number of nitrogens with zero attached hydrogens (tertiary/aromatic N) is 1. The fraction of sp³-hybridized carbons (Fsp3) is 0.889. The second kappa shape index (κ2) is 3.46. The molecule has 0 aromatic carbocycles. The lowest BCUT2D eigenvalue weighted by atomic mass is 9.77. The summed E-state index contributed by atoms with van der Waals surface area (Å²) in [7, 11) is 2.19. The molecular weight excluding hydrogens is 190 g/mol. The number of quaternary nitrogens is 1. The summed E-state index contributed by atoms with van der Waals surface area (Å²) in [6.45, 7) is 3.24. The Balaban J connectivity index is 0.000000845. The number of piperidine rings is 3. The fourth-order valence-electron chi connectivity index (χ4n) is 2.70. The summed E-state index contributed by atoms with van der Waals surface area (Å²) in [5, 5.41) is 8.96. The van der Waals surface area contributed by atoms with Crippen LogP contribution >= 0.6 is 0 Å². The van der Waals surface area contributed by atoms with Gasteiger partial charge in [0.2, 0.25) is 0 Å². The first-order valence-corrected chi connectivity index (χ1v) is 4.67. The van der Waals surface area contributed by atoms with E-state index >= 15 is 0 Å². The zero-order valence-corrected chi connectivity index (χ0v) is 8.63. The lowest BCUT2D eigenvalue weighted by Crippen LogP contribution is -3.00. The minimum absolute atomic E-state index is 0. The van der Waals surface area contributed by atoms with Crippen LogP contribution in [0.3, 0.4) is 0 Å². The Morgan fingerprint density at radius 3 is 2.23 bits per heavy atom. The average Bonchev–Trinajstić information content (AvgIpc) is 2.04. The molecule has 1 unspecified atom stereocenters. The predicted molar refractivity (Wildman–Crippen MR) is 44.6 cm³/mol. The third-order valence-corrected chi connectivity index (χ3v) is 3.60. The molecule has 0 aliphatic carbocycles. The minimum atomic E-state index is -0.580. The molecule has 1 atom stereocenters. The zero-order valence-electron chi connectivity index (χ0n) is 7.87. The Kier molecular flexibility index (Phi) is 2.88. The number of halogens is 1. The van der Waals surface area contributed by atoms with E-state index in [1.54, 1.807) is 0 Å². The topological polar surface area (TPSA) is 37.3 Å². The van der Waals surface area contributed by atoms with Gasteiger partial charge in [0.1, 0.15) is 5.92 Å². The molecular formula is C9H16ClNO2. The number of fused-ring (bicyclic) bond motifs is 3.